The van der Waals surface area contributed by atoms with Gasteiger partial charge in [-0.05, 0) is 48.5 Å². The van der Waals surface area contributed by atoms with E-state index >= 15 is 0 Å². The summed E-state index contributed by atoms with van der Waals surface area (Å²) in [4.78, 5) is 27.4. The molecular formula is C22H16N4O4. The van der Waals surface area contributed by atoms with E-state index in [2.05, 4.69) is 10.3 Å². The Balaban J connectivity index is 1.49. The van der Waals surface area contributed by atoms with Gasteiger partial charge in [0.05, 0.1) is 11.3 Å². The monoisotopic (exact) mass is 400 g/mol. The number of nitrogens with zero attached hydrogens (tertiary/aromatic N) is 3. The van der Waals surface area contributed by atoms with Gasteiger partial charge in [-0.2, -0.15) is 0 Å². The number of benzene rings is 3. The lowest BCUT2D eigenvalue weighted by Gasteiger charge is -2.09. The van der Waals surface area contributed by atoms with Gasteiger partial charge in [0.1, 0.15) is 17.2 Å². The molecule has 0 bridgehead atoms. The highest BCUT2D eigenvalue weighted by Crippen LogP contribution is 2.26. The van der Waals surface area contributed by atoms with Gasteiger partial charge in [0.15, 0.2) is 0 Å². The Morgan fingerprint density at radius 1 is 1.00 bits per heavy atom. The maximum absolute atomic E-state index is 12.6. The van der Waals surface area contributed by atoms with Crippen molar-refractivity contribution < 1.29 is 14.5 Å². The predicted molar refractivity (Wildman–Crippen MR) is 111 cm³/mol. The molecule has 4 aromatic rings. The Morgan fingerprint density at radius 2 is 1.73 bits per heavy atom. The second kappa shape index (κ2) is 8.27. The molecule has 1 amide bonds. The van der Waals surface area contributed by atoms with Gasteiger partial charge in [0.25, 0.3) is 11.6 Å². The maximum atomic E-state index is 12.6. The van der Waals surface area contributed by atoms with Crippen molar-refractivity contribution in [1.29, 1.82) is 0 Å². The summed E-state index contributed by atoms with van der Waals surface area (Å²) in [5.41, 5.74) is 0.862. The van der Waals surface area contributed by atoms with Crippen LogP contribution < -0.4 is 10.1 Å². The minimum absolute atomic E-state index is 0.176. The Bertz CT molecular complexity index is 1170. The lowest BCUT2D eigenvalue weighted by molar-refractivity contribution is -0.384. The number of rotatable bonds is 6. The predicted octanol–water partition coefficient (Wildman–Crippen LogP) is 4.83. The zero-order valence-electron chi connectivity index (χ0n) is 15.6. The summed E-state index contributed by atoms with van der Waals surface area (Å²) in [6, 6.07) is 20.5. The van der Waals surface area contributed by atoms with E-state index in [0.29, 0.717) is 22.9 Å². The molecule has 0 spiro atoms. The van der Waals surface area contributed by atoms with E-state index in [1.165, 1.54) is 35.3 Å². The van der Waals surface area contributed by atoms with E-state index in [1.807, 2.05) is 30.3 Å². The van der Waals surface area contributed by atoms with Crippen LogP contribution in [0.5, 0.6) is 11.5 Å². The van der Waals surface area contributed by atoms with E-state index in [9.17, 15) is 14.9 Å². The summed E-state index contributed by atoms with van der Waals surface area (Å²) in [5.74, 6) is 0.881. The summed E-state index contributed by atoms with van der Waals surface area (Å²) in [5, 5.41) is 14.2. The molecule has 8 nitrogen and oxygen atoms in total. The fraction of sp³-hybridized carbons (Fsp3) is 0. The first-order valence-electron chi connectivity index (χ1n) is 9.01. The molecule has 0 fully saturated rings. The molecule has 0 aliphatic rings. The molecule has 1 N–H and O–H groups in total. The van der Waals surface area contributed by atoms with Gasteiger partial charge in [-0.25, -0.2) is 4.98 Å². The Morgan fingerprint density at radius 3 is 2.40 bits per heavy atom. The Kier molecular flexibility index (Phi) is 5.21. The maximum Gasteiger partial charge on any atom is 0.294 e. The number of nitrogens with one attached hydrogen (secondary N) is 1. The molecule has 0 aliphatic heterocycles. The summed E-state index contributed by atoms with van der Waals surface area (Å²) in [7, 11) is 0. The molecule has 1 heterocycles. The van der Waals surface area contributed by atoms with E-state index < -0.39 is 10.8 Å². The molecule has 4 rings (SSSR count). The zero-order chi connectivity index (χ0) is 20.9. The van der Waals surface area contributed by atoms with E-state index in [0.717, 1.165) is 0 Å². The number of hydrogen-bond donors (Lipinski definition) is 1. The van der Waals surface area contributed by atoms with Crippen LogP contribution in [0, 0.1) is 10.1 Å². The normalized spacial score (nSPS) is 10.4. The molecular weight excluding hydrogens is 384 g/mol. The molecule has 0 unspecified atom stereocenters. The van der Waals surface area contributed by atoms with Gasteiger partial charge in [0, 0.05) is 29.7 Å². The quantitative estimate of drug-likeness (QED) is 0.369. The van der Waals surface area contributed by atoms with Crippen LogP contribution in [-0.2, 0) is 0 Å². The van der Waals surface area contributed by atoms with Crippen molar-refractivity contribution in [1.82, 2.24) is 9.55 Å². The molecule has 8 heteroatoms. The van der Waals surface area contributed by atoms with Crippen LogP contribution in [0.3, 0.4) is 0 Å². The van der Waals surface area contributed by atoms with Gasteiger partial charge >= 0.3 is 0 Å². The number of hydrogen-bond acceptors (Lipinski definition) is 5. The number of para-hydroxylation sites is 1. The zero-order valence-corrected chi connectivity index (χ0v) is 15.6. The lowest BCUT2D eigenvalue weighted by atomic mass is 10.1. The second-order valence-electron chi connectivity index (χ2n) is 6.32. The lowest BCUT2D eigenvalue weighted by Crippen LogP contribution is -2.12. The number of amides is 1. The van der Waals surface area contributed by atoms with Crippen molar-refractivity contribution in [2.45, 2.75) is 0 Å². The number of imidazole rings is 1. The molecule has 0 saturated heterocycles. The fourth-order valence-electron chi connectivity index (χ4n) is 2.87. The van der Waals surface area contributed by atoms with Gasteiger partial charge < -0.3 is 14.6 Å². The average Bonchev–Trinajstić information content (AvgIpc) is 3.30. The largest absolute Gasteiger partial charge is 0.457 e. The van der Waals surface area contributed by atoms with E-state index in [-0.39, 0.29) is 11.3 Å². The van der Waals surface area contributed by atoms with Crippen molar-refractivity contribution in [2.75, 3.05) is 5.32 Å². The molecule has 30 heavy (non-hydrogen) atoms. The van der Waals surface area contributed by atoms with Crippen molar-refractivity contribution in [3.05, 3.63) is 107 Å². The van der Waals surface area contributed by atoms with Crippen LogP contribution in [0.1, 0.15) is 10.4 Å². The Hall–Kier alpha value is -4.46. The number of nitro benzene ring substituents is 1. The summed E-state index contributed by atoms with van der Waals surface area (Å²) in [6.07, 6.45) is 4.58. The minimum Gasteiger partial charge on any atom is -0.457 e. The van der Waals surface area contributed by atoms with E-state index in [1.54, 1.807) is 30.5 Å². The highest BCUT2D eigenvalue weighted by Gasteiger charge is 2.19. The van der Waals surface area contributed by atoms with Crippen LogP contribution in [0.2, 0.25) is 0 Å². The third-order valence-electron chi connectivity index (χ3n) is 4.31. The first kappa shape index (κ1) is 18.9. The molecule has 0 atom stereocenters. The van der Waals surface area contributed by atoms with E-state index in [4.69, 9.17) is 4.74 Å². The van der Waals surface area contributed by atoms with Crippen LogP contribution in [0.15, 0.2) is 91.5 Å². The average molecular weight is 400 g/mol. The number of ether oxygens (including phenoxy) is 1. The van der Waals surface area contributed by atoms with Crippen molar-refractivity contribution in [3.63, 3.8) is 0 Å². The summed E-state index contributed by atoms with van der Waals surface area (Å²) in [6.45, 7) is 0. The molecule has 0 aliphatic carbocycles. The second-order valence-corrected chi connectivity index (χ2v) is 6.32. The highest BCUT2D eigenvalue weighted by atomic mass is 16.6. The van der Waals surface area contributed by atoms with Crippen molar-refractivity contribution >= 4 is 17.3 Å². The smallest absolute Gasteiger partial charge is 0.294 e. The van der Waals surface area contributed by atoms with Gasteiger partial charge in [0.2, 0.25) is 0 Å². The molecule has 3 aromatic carbocycles. The first-order valence-corrected chi connectivity index (χ1v) is 9.01. The highest BCUT2D eigenvalue weighted by molar-refractivity contribution is 6.05. The molecule has 0 saturated carbocycles. The number of nitro groups is 1. The third-order valence-corrected chi connectivity index (χ3v) is 4.31. The van der Waals surface area contributed by atoms with Crippen molar-refractivity contribution in [3.8, 4) is 17.2 Å². The van der Waals surface area contributed by atoms with Crippen LogP contribution in [0.25, 0.3) is 5.69 Å². The molecule has 148 valence electrons. The van der Waals surface area contributed by atoms with Gasteiger partial charge in [-0.1, -0.05) is 18.2 Å². The third kappa shape index (κ3) is 4.17. The summed E-state index contributed by atoms with van der Waals surface area (Å²) < 4.78 is 7.24. The van der Waals surface area contributed by atoms with Crippen LogP contribution in [-0.4, -0.2) is 20.4 Å². The topological polar surface area (TPSA) is 99.3 Å². The van der Waals surface area contributed by atoms with Crippen LogP contribution >= 0.6 is 0 Å². The first-order chi connectivity index (χ1) is 14.6. The van der Waals surface area contributed by atoms with Crippen molar-refractivity contribution in [2.24, 2.45) is 0 Å². The SMILES string of the molecule is O=C(Nc1ccc(Oc2ccccc2)cc1)c1ccc(-n2ccnc2)c([N+](=O)[O-])c1. The molecule has 1 aromatic heterocycles. The van der Waals surface area contributed by atoms with Crippen LogP contribution in [0.4, 0.5) is 11.4 Å². The number of carbonyl (C=O) groups excluding carboxylic acids is 1. The summed E-state index contributed by atoms with van der Waals surface area (Å²) >= 11 is 0. The Labute approximate surface area is 171 Å². The number of anilines is 1. The molecule has 0 radical (unpaired) electrons. The van der Waals surface area contributed by atoms with Gasteiger partial charge in [-0.3, -0.25) is 14.9 Å². The minimum atomic E-state index is -0.526. The number of aromatic nitrogens is 2. The van der Waals surface area contributed by atoms with Gasteiger partial charge in [-0.15, -0.1) is 0 Å². The standard InChI is InChI=1S/C22H16N4O4/c27-22(16-6-11-20(21(14-16)26(28)29)25-13-12-23-15-25)24-17-7-9-19(10-8-17)30-18-4-2-1-3-5-18/h1-15H,(H,24,27). The fourth-order valence-corrected chi connectivity index (χ4v) is 2.87. The number of carbonyl (C=O) groups is 1.